The van der Waals surface area contributed by atoms with Gasteiger partial charge in [-0.2, -0.15) is 4.98 Å². The molecule has 0 unspecified atom stereocenters. The molecule has 0 bridgehead atoms. The van der Waals surface area contributed by atoms with Crippen LogP contribution in [0.5, 0.6) is 5.75 Å². The summed E-state index contributed by atoms with van der Waals surface area (Å²) in [6.45, 7) is 6.00. The third kappa shape index (κ3) is 5.02. The number of halogens is 1. The van der Waals surface area contributed by atoms with E-state index in [-0.39, 0.29) is 11.8 Å². The van der Waals surface area contributed by atoms with Crippen molar-refractivity contribution in [2.24, 2.45) is 0 Å². The highest BCUT2D eigenvalue weighted by molar-refractivity contribution is 6.31. The predicted octanol–water partition coefficient (Wildman–Crippen LogP) is 3.51. The van der Waals surface area contributed by atoms with E-state index in [1.54, 1.807) is 19.1 Å². The summed E-state index contributed by atoms with van der Waals surface area (Å²) in [6, 6.07) is 5.32. The summed E-state index contributed by atoms with van der Waals surface area (Å²) in [7, 11) is 0. The van der Waals surface area contributed by atoms with E-state index in [9.17, 15) is 4.79 Å². The largest absolute Gasteiger partial charge is 0.481 e. The average Bonchev–Trinajstić information content (AvgIpc) is 3.29. The zero-order chi connectivity index (χ0) is 21.8. The maximum absolute atomic E-state index is 13.0. The van der Waals surface area contributed by atoms with Crippen LogP contribution in [0.2, 0.25) is 5.02 Å². The first-order chi connectivity index (χ1) is 15.0. The van der Waals surface area contributed by atoms with Crippen LogP contribution in [0.15, 0.2) is 22.7 Å². The number of carbonyl (C=O) groups excluding carboxylic acids is 1. The van der Waals surface area contributed by atoms with Crippen LogP contribution in [0.4, 0.5) is 0 Å². The van der Waals surface area contributed by atoms with E-state index >= 15 is 0 Å². The quantitative estimate of drug-likeness (QED) is 0.720. The molecule has 2 aliphatic rings. The second-order valence-electron chi connectivity index (χ2n) is 8.20. The molecular weight excluding hydrogens is 422 g/mol. The topological polar surface area (TPSA) is 95.7 Å². The van der Waals surface area contributed by atoms with Gasteiger partial charge in [-0.1, -0.05) is 16.8 Å². The highest BCUT2D eigenvalue weighted by atomic mass is 35.5. The molecule has 2 saturated heterocycles. The Hall–Kier alpha value is -2.16. The van der Waals surface area contributed by atoms with Gasteiger partial charge in [0.1, 0.15) is 11.3 Å². The summed E-state index contributed by atoms with van der Waals surface area (Å²) in [5, 5.41) is 8.00. The van der Waals surface area contributed by atoms with E-state index in [0.29, 0.717) is 61.8 Å². The highest BCUT2D eigenvalue weighted by Gasteiger charge is 2.42. The molecule has 1 aromatic heterocycles. The van der Waals surface area contributed by atoms with Crippen LogP contribution in [-0.2, 0) is 19.8 Å². The molecule has 0 saturated carbocycles. The van der Waals surface area contributed by atoms with Crippen LogP contribution in [0, 0.1) is 6.92 Å². The number of carbonyl (C=O) groups is 1. The summed E-state index contributed by atoms with van der Waals surface area (Å²) in [6.07, 6.45) is 2.14. The smallest absolute Gasteiger partial charge is 0.261 e. The molecule has 2 aromatic rings. The molecule has 2 fully saturated rings. The van der Waals surface area contributed by atoms with Gasteiger partial charge in [0.15, 0.2) is 11.9 Å². The lowest BCUT2D eigenvalue weighted by Crippen LogP contribution is -2.53. The molecule has 9 heteroatoms. The Kier molecular flexibility index (Phi) is 6.79. The van der Waals surface area contributed by atoms with Crippen LogP contribution < -0.4 is 10.1 Å². The minimum absolute atomic E-state index is 0.217. The Bertz CT molecular complexity index is 906. The fraction of sp³-hybridized carbons (Fsp3) is 0.591. The SMILES string of the molecule is Cc1cc(O[C@H](C)C(=O)NC2(c3nc(C4CCOCC4)no3)CCOCC2)ccc1Cl. The first-order valence-electron chi connectivity index (χ1n) is 10.7. The fourth-order valence-corrected chi connectivity index (χ4v) is 4.07. The molecule has 0 radical (unpaired) electrons. The van der Waals surface area contributed by atoms with Gasteiger partial charge in [0.05, 0.1) is 0 Å². The maximum Gasteiger partial charge on any atom is 0.261 e. The number of benzene rings is 1. The molecule has 168 valence electrons. The Labute approximate surface area is 186 Å². The molecule has 0 spiro atoms. The minimum Gasteiger partial charge on any atom is -0.481 e. The Morgan fingerprint density at radius 1 is 1.23 bits per heavy atom. The van der Waals surface area contributed by atoms with Gasteiger partial charge in [-0.25, -0.2) is 0 Å². The van der Waals surface area contributed by atoms with Crippen LogP contribution >= 0.6 is 11.6 Å². The Morgan fingerprint density at radius 2 is 1.94 bits per heavy atom. The molecule has 3 heterocycles. The number of hydrogen-bond donors (Lipinski definition) is 1. The van der Waals surface area contributed by atoms with Crippen molar-refractivity contribution in [1.29, 1.82) is 0 Å². The van der Waals surface area contributed by atoms with Crippen molar-refractivity contribution in [1.82, 2.24) is 15.5 Å². The van der Waals surface area contributed by atoms with Crippen molar-refractivity contribution in [3.63, 3.8) is 0 Å². The summed E-state index contributed by atoms with van der Waals surface area (Å²) in [5.74, 6) is 1.67. The minimum atomic E-state index is -0.765. The highest BCUT2D eigenvalue weighted by Crippen LogP contribution is 2.33. The number of hydrogen-bond acceptors (Lipinski definition) is 7. The van der Waals surface area contributed by atoms with Gasteiger partial charge in [-0.05, 0) is 50.5 Å². The van der Waals surface area contributed by atoms with Crippen molar-refractivity contribution >= 4 is 17.5 Å². The second kappa shape index (κ2) is 9.54. The Morgan fingerprint density at radius 3 is 2.65 bits per heavy atom. The molecule has 1 atom stereocenters. The van der Waals surface area contributed by atoms with Gasteiger partial charge >= 0.3 is 0 Å². The number of ether oxygens (including phenoxy) is 3. The first kappa shape index (κ1) is 22.0. The maximum atomic E-state index is 13.0. The van der Waals surface area contributed by atoms with Gasteiger partial charge in [0.25, 0.3) is 11.8 Å². The molecule has 2 aliphatic heterocycles. The Balaban J connectivity index is 1.49. The number of aromatic nitrogens is 2. The molecule has 1 N–H and O–H groups in total. The number of nitrogens with zero attached hydrogens (tertiary/aromatic N) is 2. The van der Waals surface area contributed by atoms with E-state index in [4.69, 9.17) is 30.3 Å². The number of nitrogens with one attached hydrogen (secondary N) is 1. The second-order valence-corrected chi connectivity index (χ2v) is 8.61. The van der Waals surface area contributed by atoms with Crippen molar-refractivity contribution in [3.05, 3.63) is 40.5 Å². The molecule has 8 nitrogen and oxygen atoms in total. The van der Waals surface area contributed by atoms with E-state index in [1.165, 1.54) is 0 Å². The van der Waals surface area contributed by atoms with Gasteiger partial charge < -0.3 is 24.1 Å². The van der Waals surface area contributed by atoms with E-state index in [2.05, 4.69) is 15.5 Å². The van der Waals surface area contributed by atoms with Crippen molar-refractivity contribution in [2.45, 2.75) is 57.1 Å². The van der Waals surface area contributed by atoms with Crippen molar-refractivity contribution in [2.75, 3.05) is 26.4 Å². The van der Waals surface area contributed by atoms with Crippen molar-refractivity contribution in [3.8, 4) is 5.75 Å². The third-order valence-electron chi connectivity index (χ3n) is 5.96. The van der Waals surface area contributed by atoms with Gasteiger partial charge in [-0.3, -0.25) is 4.79 Å². The standard InChI is InChI=1S/C22H28ClN3O5/c1-14-13-17(3-4-18(14)23)30-15(2)20(27)25-22(7-11-29-12-8-22)21-24-19(26-31-21)16-5-9-28-10-6-16/h3-4,13,15-16H,5-12H2,1-2H3,(H,25,27)/t15-/m1/s1. The zero-order valence-electron chi connectivity index (χ0n) is 17.9. The lowest BCUT2D eigenvalue weighted by molar-refractivity contribution is -0.131. The predicted molar refractivity (Wildman–Crippen MR) is 113 cm³/mol. The number of rotatable bonds is 6. The van der Waals surface area contributed by atoms with E-state index in [0.717, 1.165) is 18.4 Å². The molecule has 0 aliphatic carbocycles. The summed E-state index contributed by atoms with van der Waals surface area (Å²) in [4.78, 5) is 17.7. The van der Waals surface area contributed by atoms with Crippen LogP contribution in [0.1, 0.15) is 55.8 Å². The molecule has 1 amide bonds. The summed E-state index contributed by atoms with van der Waals surface area (Å²) in [5.41, 5.74) is 0.124. The lowest BCUT2D eigenvalue weighted by atomic mass is 9.89. The van der Waals surface area contributed by atoms with Crippen LogP contribution in [-0.4, -0.2) is 48.6 Å². The molecular formula is C22H28ClN3O5. The monoisotopic (exact) mass is 449 g/mol. The zero-order valence-corrected chi connectivity index (χ0v) is 18.6. The van der Waals surface area contributed by atoms with E-state index < -0.39 is 11.6 Å². The van der Waals surface area contributed by atoms with Gasteiger partial charge in [0.2, 0.25) is 0 Å². The van der Waals surface area contributed by atoms with E-state index in [1.807, 2.05) is 13.0 Å². The third-order valence-corrected chi connectivity index (χ3v) is 6.38. The van der Waals surface area contributed by atoms with Gasteiger partial charge in [0, 0.05) is 50.2 Å². The normalized spacial score (nSPS) is 20.2. The summed E-state index contributed by atoms with van der Waals surface area (Å²) < 4.78 is 22.5. The number of aryl methyl sites for hydroxylation is 1. The van der Waals surface area contributed by atoms with Crippen LogP contribution in [0.3, 0.4) is 0 Å². The first-order valence-corrected chi connectivity index (χ1v) is 11.1. The lowest BCUT2D eigenvalue weighted by Gasteiger charge is -2.35. The average molecular weight is 450 g/mol. The van der Waals surface area contributed by atoms with Crippen molar-refractivity contribution < 1.29 is 23.5 Å². The summed E-state index contributed by atoms with van der Waals surface area (Å²) >= 11 is 6.08. The molecule has 31 heavy (non-hydrogen) atoms. The number of amides is 1. The van der Waals surface area contributed by atoms with Crippen LogP contribution in [0.25, 0.3) is 0 Å². The fourth-order valence-electron chi connectivity index (χ4n) is 3.95. The molecule has 4 rings (SSSR count). The molecule has 1 aromatic carbocycles. The van der Waals surface area contributed by atoms with Gasteiger partial charge in [-0.15, -0.1) is 0 Å².